The highest BCUT2D eigenvalue weighted by Crippen LogP contribution is 2.29. The van der Waals surface area contributed by atoms with E-state index in [0.717, 1.165) is 59.4 Å². The monoisotopic (exact) mass is 554 g/mol. The molecule has 2 aliphatic heterocycles. The minimum absolute atomic E-state index is 0.144. The molecule has 0 aliphatic carbocycles. The predicted octanol–water partition coefficient (Wildman–Crippen LogP) is 5.07. The van der Waals surface area contributed by atoms with E-state index in [0.29, 0.717) is 12.1 Å². The molecule has 0 saturated carbocycles. The number of benzene rings is 2. The van der Waals surface area contributed by atoms with Crippen molar-refractivity contribution in [3.05, 3.63) is 68.8 Å². The number of nitrogens with zero attached hydrogens (tertiary/aromatic N) is 6. The number of nitro benzene ring substituents is 2. The van der Waals surface area contributed by atoms with Crippen LogP contribution in [0.3, 0.4) is 0 Å². The van der Waals surface area contributed by atoms with Crippen molar-refractivity contribution in [3.63, 3.8) is 0 Å². The molecule has 218 valence electrons. The molecule has 2 heterocycles. The predicted molar refractivity (Wildman–Crippen MR) is 160 cm³/mol. The van der Waals surface area contributed by atoms with Crippen molar-refractivity contribution in [2.75, 3.05) is 77.3 Å². The van der Waals surface area contributed by atoms with Crippen LogP contribution < -0.4 is 9.80 Å². The van der Waals surface area contributed by atoms with Crippen LogP contribution in [0.5, 0.6) is 0 Å². The van der Waals surface area contributed by atoms with E-state index in [1.807, 2.05) is 24.3 Å². The lowest BCUT2D eigenvalue weighted by Gasteiger charge is -2.37. The van der Waals surface area contributed by atoms with Crippen LogP contribution in [0.2, 0.25) is 0 Å². The molecule has 2 aromatic carbocycles. The summed E-state index contributed by atoms with van der Waals surface area (Å²) in [5.41, 5.74) is 2.44. The number of nitro groups is 2. The molecule has 40 heavy (non-hydrogen) atoms. The maximum absolute atomic E-state index is 10.9. The summed E-state index contributed by atoms with van der Waals surface area (Å²) in [7, 11) is 9.39. The van der Waals surface area contributed by atoms with Crippen LogP contribution in [0, 0.1) is 20.2 Å². The van der Waals surface area contributed by atoms with Crippen molar-refractivity contribution in [1.29, 1.82) is 0 Å². The van der Waals surface area contributed by atoms with Gasteiger partial charge >= 0.3 is 0 Å². The van der Waals surface area contributed by atoms with E-state index in [2.05, 4.69) is 38.0 Å². The lowest BCUT2D eigenvalue weighted by Crippen LogP contribution is -2.51. The Kier molecular flexibility index (Phi) is 9.30. The van der Waals surface area contributed by atoms with Crippen LogP contribution in [0.15, 0.2) is 48.5 Å². The SMILES string of the molecule is C[N+](C)(CCCCCC[N+](C)(C)C1CCN(c2ccc([N+](=O)[O-])cc2)C1)C1CCN(c2ccc([N+](=O)[O-])cc2)C1. The van der Waals surface area contributed by atoms with Crippen LogP contribution in [0.1, 0.15) is 38.5 Å². The van der Waals surface area contributed by atoms with Gasteiger partial charge in [-0.15, -0.1) is 0 Å². The number of likely N-dealkylation sites (N-methyl/N-ethyl adjacent to an activating group) is 2. The van der Waals surface area contributed by atoms with Crippen molar-refractivity contribution in [1.82, 2.24) is 0 Å². The van der Waals surface area contributed by atoms with Gasteiger partial charge in [0, 0.05) is 61.6 Å². The zero-order chi connectivity index (χ0) is 28.9. The topological polar surface area (TPSA) is 92.8 Å². The fourth-order valence-electron chi connectivity index (χ4n) is 6.42. The summed E-state index contributed by atoms with van der Waals surface area (Å²) in [6.45, 7) is 6.33. The number of hydrogen-bond donors (Lipinski definition) is 0. The fourth-order valence-corrected chi connectivity index (χ4v) is 6.42. The lowest BCUT2D eigenvalue weighted by molar-refractivity contribution is -0.913. The molecule has 2 unspecified atom stereocenters. The molecule has 0 N–H and O–H groups in total. The van der Waals surface area contributed by atoms with E-state index in [9.17, 15) is 20.2 Å². The standard InChI is InChI=1S/C30H46N6O4/c1-35(2,29-17-19-31(23-29)25-9-13-27(14-10-25)33(37)38)21-7-5-6-8-22-36(3,4)30-18-20-32(24-30)26-11-15-28(16-12-26)34(39)40/h9-16,29-30H,5-8,17-24H2,1-4H3/q+2. The van der Waals surface area contributed by atoms with Gasteiger partial charge in [0.1, 0.15) is 12.1 Å². The molecule has 10 nitrogen and oxygen atoms in total. The molecule has 0 spiro atoms. The summed E-state index contributed by atoms with van der Waals surface area (Å²) < 4.78 is 2.04. The average molecular weight is 555 g/mol. The number of quaternary nitrogens is 2. The van der Waals surface area contributed by atoms with Crippen molar-refractivity contribution in [2.24, 2.45) is 0 Å². The molecule has 2 aliphatic rings. The Balaban J connectivity index is 1.14. The van der Waals surface area contributed by atoms with Gasteiger partial charge < -0.3 is 18.8 Å². The molecule has 2 aromatic rings. The first-order chi connectivity index (χ1) is 19.0. The third-order valence-corrected chi connectivity index (χ3v) is 9.37. The Labute approximate surface area is 238 Å². The van der Waals surface area contributed by atoms with E-state index in [4.69, 9.17) is 0 Å². The molecule has 10 heteroatoms. The maximum Gasteiger partial charge on any atom is 0.269 e. The third-order valence-electron chi connectivity index (χ3n) is 9.37. The van der Waals surface area contributed by atoms with Gasteiger partial charge in [-0.25, -0.2) is 0 Å². The summed E-state index contributed by atoms with van der Waals surface area (Å²) in [5.74, 6) is 0. The molecule has 2 saturated heterocycles. The Bertz CT molecular complexity index is 1060. The Morgan fingerprint density at radius 1 is 0.650 bits per heavy atom. The molecule has 0 aromatic heterocycles. The number of anilines is 2. The number of unbranched alkanes of at least 4 members (excludes halogenated alkanes) is 3. The molecule has 0 radical (unpaired) electrons. The Morgan fingerprint density at radius 3 is 1.32 bits per heavy atom. The highest BCUT2D eigenvalue weighted by atomic mass is 16.6. The number of non-ortho nitro benzene ring substituents is 2. The maximum atomic E-state index is 10.9. The van der Waals surface area contributed by atoms with Gasteiger partial charge in [0.15, 0.2) is 0 Å². The van der Waals surface area contributed by atoms with Crippen LogP contribution in [0.25, 0.3) is 0 Å². The van der Waals surface area contributed by atoms with E-state index in [1.54, 1.807) is 24.3 Å². The number of hydrogen-bond acceptors (Lipinski definition) is 6. The number of rotatable bonds is 13. The van der Waals surface area contributed by atoms with Gasteiger partial charge in [-0.05, 0) is 49.9 Å². The minimum Gasteiger partial charge on any atom is -0.365 e. The summed E-state index contributed by atoms with van der Waals surface area (Å²) in [6, 6.07) is 15.1. The van der Waals surface area contributed by atoms with Gasteiger partial charge in [0.05, 0.1) is 64.2 Å². The largest absolute Gasteiger partial charge is 0.365 e. The van der Waals surface area contributed by atoms with Gasteiger partial charge in [-0.1, -0.05) is 0 Å². The molecular formula is C30H46N6O4+2. The first kappa shape index (κ1) is 29.7. The van der Waals surface area contributed by atoms with Crippen molar-refractivity contribution in [2.45, 2.75) is 50.6 Å². The first-order valence-corrected chi connectivity index (χ1v) is 14.6. The quantitative estimate of drug-likeness (QED) is 0.149. The first-order valence-electron chi connectivity index (χ1n) is 14.6. The van der Waals surface area contributed by atoms with Gasteiger partial charge in [-0.2, -0.15) is 0 Å². The second-order valence-electron chi connectivity index (χ2n) is 12.7. The van der Waals surface area contributed by atoms with E-state index < -0.39 is 0 Å². The summed E-state index contributed by atoms with van der Waals surface area (Å²) in [6.07, 6.45) is 7.25. The van der Waals surface area contributed by atoms with E-state index >= 15 is 0 Å². The van der Waals surface area contributed by atoms with Crippen molar-refractivity contribution in [3.8, 4) is 0 Å². The molecule has 0 amide bonds. The highest BCUT2D eigenvalue weighted by molar-refractivity contribution is 5.52. The van der Waals surface area contributed by atoms with Crippen molar-refractivity contribution < 1.29 is 18.8 Å². The Hall–Kier alpha value is -3.24. The molecular weight excluding hydrogens is 508 g/mol. The second kappa shape index (κ2) is 12.5. The molecule has 4 rings (SSSR count). The molecule has 2 atom stereocenters. The van der Waals surface area contributed by atoms with Crippen molar-refractivity contribution >= 4 is 22.7 Å². The zero-order valence-corrected chi connectivity index (χ0v) is 24.6. The Morgan fingerprint density at radius 2 is 1.00 bits per heavy atom. The minimum atomic E-state index is -0.344. The summed E-state index contributed by atoms with van der Waals surface area (Å²) in [4.78, 5) is 25.9. The molecule has 0 bridgehead atoms. The van der Waals surface area contributed by atoms with Gasteiger partial charge in [0.25, 0.3) is 11.4 Å². The zero-order valence-electron chi connectivity index (χ0n) is 24.6. The average Bonchev–Trinajstić information content (AvgIpc) is 3.62. The third kappa shape index (κ3) is 7.28. The summed E-state index contributed by atoms with van der Waals surface area (Å²) in [5, 5.41) is 21.9. The summed E-state index contributed by atoms with van der Waals surface area (Å²) >= 11 is 0. The highest BCUT2D eigenvalue weighted by Gasteiger charge is 2.36. The van der Waals surface area contributed by atoms with Crippen LogP contribution in [-0.4, -0.2) is 98.4 Å². The molecule has 2 fully saturated rings. The van der Waals surface area contributed by atoms with Crippen LogP contribution in [0.4, 0.5) is 22.7 Å². The lowest BCUT2D eigenvalue weighted by atomic mass is 10.1. The van der Waals surface area contributed by atoms with Gasteiger partial charge in [0.2, 0.25) is 0 Å². The second-order valence-corrected chi connectivity index (χ2v) is 12.7. The van der Waals surface area contributed by atoms with Gasteiger partial charge in [-0.3, -0.25) is 20.2 Å². The van der Waals surface area contributed by atoms with Crippen LogP contribution in [-0.2, 0) is 0 Å². The fraction of sp³-hybridized carbons (Fsp3) is 0.600. The smallest absolute Gasteiger partial charge is 0.269 e. The van der Waals surface area contributed by atoms with Crippen LogP contribution >= 0.6 is 0 Å². The normalized spacial score (nSPS) is 19.8. The van der Waals surface area contributed by atoms with E-state index in [1.165, 1.54) is 38.8 Å². The van der Waals surface area contributed by atoms with E-state index in [-0.39, 0.29) is 21.2 Å².